The number of aromatic nitrogens is 2. The van der Waals surface area contributed by atoms with Crippen molar-refractivity contribution in [3.8, 4) is 11.8 Å². The normalized spacial score (nSPS) is 18.9. The smallest absolute Gasteiger partial charge is 0.318 e. The molecule has 4 aromatic rings. The van der Waals surface area contributed by atoms with Gasteiger partial charge in [-0.25, -0.2) is 0 Å². The van der Waals surface area contributed by atoms with Gasteiger partial charge in [-0.15, -0.1) is 0 Å². The van der Waals surface area contributed by atoms with Gasteiger partial charge in [0.15, 0.2) is 0 Å². The van der Waals surface area contributed by atoms with Gasteiger partial charge in [0.25, 0.3) is 0 Å². The van der Waals surface area contributed by atoms with Crippen molar-refractivity contribution in [3.05, 3.63) is 95.8 Å². The SMILES string of the molecule is O=CC=CN1CCN(c2nc(OC[C@@H]3CCN(Cc4ccccc4)C3)nc3c2CCN(c2cc(O)cc4ccccc24)C3)CC1. The van der Waals surface area contributed by atoms with Crippen molar-refractivity contribution >= 4 is 28.6 Å². The largest absolute Gasteiger partial charge is 0.508 e. The van der Waals surface area contributed by atoms with Crippen LogP contribution in [0.2, 0.25) is 0 Å². The monoisotopic (exact) mass is 604 g/mol. The standard InChI is InChI=1S/C36H40N6O3/c43-20-6-13-39-16-18-41(19-17-39)35-32-12-15-42(34-22-30(44)21-29-9-4-5-10-31(29)34)25-33(32)37-36(38-35)45-26-28-11-14-40(24-28)23-27-7-2-1-3-8-27/h1-10,13,20-22,28,44H,11-12,14-19,23-26H2/t28-/m1/s1. The van der Waals surface area contributed by atoms with Crippen molar-refractivity contribution in [2.24, 2.45) is 5.92 Å². The van der Waals surface area contributed by atoms with Crippen LogP contribution in [0.15, 0.2) is 79.0 Å². The minimum atomic E-state index is 0.265. The molecule has 0 spiro atoms. The average molecular weight is 605 g/mol. The second-order valence-electron chi connectivity index (χ2n) is 12.3. The van der Waals surface area contributed by atoms with Crippen molar-refractivity contribution < 1.29 is 14.6 Å². The molecule has 4 heterocycles. The van der Waals surface area contributed by atoms with Crippen LogP contribution in [-0.2, 0) is 24.3 Å². The maximum Gasteiger partial charge on any atom is 0.318 e. The van der Waals surface area contributed by atoms with E-state index in [9.17, 15) is 9.90 Å². The second kappa shape index (κ2) is 13.2. The van der Waals surface area contributed by atoms with Gasteiger partial charge in [-0.1, -0.05) is 54.6 Å². The Morgan fingerprint density at radius 2 is 1.73 bits per heavy atom. The van der Waals surface area contributed by atoms with Gasteiger partial charge in [-0.05, 0) is 42.5 Å². The van der Waals surface area contributed by atoms with E-state index in [0.29, 0.717) is 25.1 Å². The number of fused-ring (bicyclic) bond motifs is 2. The molecular weight excluding hydrogens is 564 g/mol. The number of anilines is 2. The summed E-state index contributed by atoms with van der Waals surface area (Å²) in [5.74, 6) is 1.66. The Bertz CT molecular complexity index is 1670. The molecule has 3 aromatic carbocycles. The van der Waals surface area contributed by atoms with Gasteiger partial charge in [0.1, 0.15) is 17.9 Å². The number of hydrogen-bond acceptors (Lipinski definition) is 9. The van der Waals surface area contributed by atoms with Gasteiger partial charge in [0.2, 0.25) is 0 Å². The summed E-state index contributed by atoms with van der Waals surface area (Å²) in [6.45, 7) is 8.30. The minimum Gasteiger partial charge on any atom is -0.508 e. The Kier molecular flexibility index (Phi) is 8.51. The van der Waals surface area contributed by atoms with Crippen LogP contribution in [0.4, 0.5) is 11.5 Å². The van der Waals surface area contributed by atoms with Gasteiger partial charge >= 0.3 is 6.01 Å². The average Bonchev–Trinajstić information content (AvgIpc) is 3.53. The van der Waals surface area contributed by atoms with E-state index in [2.05, 4.69) is 56.0 Å². The second-order valence-corrected chi connectivity index (χ2v) is 12.3. The Labute approximate surface area is 264 Å². The molecular formula is C36H40N6O3. The number of hydrogen-bond donors (Lipinski definition) is 1. The van der Waals surface area contributed by atoms with Gasteiger partial charge < -0.3 is 24.5 Å². The molecule has 45 heavy (non-hydrogen) atoms. The lowest BCUT2D eigenvalue weighted by atomic mass is 10.0. The summed E-state index contributed by atoms with van der Waals surface area (Å²) >= 11 is 0. The number of allylic oxidation sites excluding steroid dienone is 1. The van der Waals surface area contributed by atoms with Crippen LogP contribution in [0.5, 0.6) is 11.8 Å². The minimum absolute atomic E-state index is 0.265. The van der Waals surface area contributed by atoms with Crippen LogP contribution in [0.1, 0.15) is 23.2 Å². The lowest BCUT2D eigenvalue weighted by Gasteiger charge is -2.38. The maximum atomic E-state index is 10.8. The molecule has 0 aliphatic carbocycles. The van der Waals surface area contributed by atoms with Crippen LogP contribution in [0, 0.1) is 5.92 Å². The molecule has 232 valence electrons. The molecule has 1 atom stereocenters. The third-order valence-electron chi connectivity index (χ3n) is 9.24. The van der Waals surface area contributed by atoms with Crippen molar-refractivity contribution in [1.29, 1.82) is 0 Å². The van der Waals surface area contributed by atoms with E-state index < -0.39 is 0 Å². The fourth-order valence-corrected chi connectivity index (χ4v) is 6.92. The summed E-state index contributed by atoms with van der Waals surface area (Å²) in [7, 11) is 0. The number of aldehydes is 1. The molecule has 3 aliphatic heterocycles. The van der Waals surface area contributed by atoms with Crippen LogP contribution in [-0.4, -0.2) is 83.6 Å². The highest BCUT2D eigenvalue weighted by Gasteiger charge is 2.29. The van der Waals surface area contributed by atoms with Crippen LogP contribution < -0.4 is 14.5 Å². The Morgan fingerprint density at radius 3 is 2.58 bits per heavy atom. The third-order valence-corrected chi connectivity index (χ3v) is 9.24. The molecule has 2 saturated heterocycles. The highest BCUT2D eigenvalue weighted by molar-refractivity contribution is 5.95. The molecule has 0 bridgehead atoms. The number of benzene rings is 3. The van der Waals surface area contributed by atoms with Crippen molar-refractivity contribution in [2.75, 3.05) is 62.2 Å². The van der Waals surface area contributed by atoms with Gasteiger partial charge in [-0.3, -0.25) is 9.69 Å². The van der Waals surface area contributed by atoms with Crippen molar-refractivity contribution in [3.63, 3.8) is 0 Å². The summed E-state index contributed by atoms with van der Waals surface area (Å²) in [6, 6.07) is 22.9. The van der Waals surface area contributed by atoms with Crippen molar-refractivity contribution in [1.82, 2.24) is 19.8 Å². The number of likely N-dealkylation sites (tertiary alicyclic amines) is 1. The summed E-state index contributed by atoms with van der Waals surface area (Å²) in [5, 5.41) is 12.7. The summed E-state index contributed by atoms with van der Waals surface area (Å²) < 4.78 is 6.40. The first kappa shape index (κ1) is 29.1. The van der Waals surface area contributed by atoms with E-state index in [1.165, 1.54) is 11.1 Å². The number of piperazine rings is 1. The van der Waals surface area contributed by atoms with Gasteiger partial charge in [0.05, 0.1) is 18.8 Å². The first-order chi connectivity index (χ1) is 22.1. The van der Waals surface area contributed by atoms with Crippen LogP contribution in [0.25, 0.3) is 10.8 Å². The van der Waals surface area contributed by atoms with Crippen LogP contribution in [0.3, 0.4) is 0 Å². The number of ether oxygens (including phenoxy) is 1. The first-order valence-electron chi connectivity index (χ1n) is 16.0. The van der Waals surface area contributed by atoms with Crippen LogP contribution >= 0.6 is 0 Å². The Balaban J connectivity index is 1.12. The van der Waals surface area contributed by atoms with E-state index >= 15 is 0 Å². The van der Waals surface area contributed by atoms with Crippen molar-refractivity contribution in [2.45, 2.75) is 25.9 Å². The number of carbonyl (C=O) groups is 1. The Morgan fingerprint density at radius 1 is 0.911 bits per heavy atom. The zero-order valence-electron chi connectivity index (χ0n) is 25.6. The first-order valence-corrected chi connectivity index (χ1v) is 16.0. The lowest BCUT2D eigenvalue weighted by Crippen LogP contribution is -2.45. The molecule has 1 aromatic heterocycles. The number of nitrogens with zero attached hydrogens (tertiary/aromatic N) is 6. The lowest BCUT2D eigenvalue weighted by molar-refractivity contribution is -0.104. The van der Waals surface area contributed by atoms with E-state index in [-0.39, 0.29) is 5.75 Å². The quantitative estimate of drug-likeness (QED) is 0.217. The number of rotatable bonds is 9. The zero-order valence-corrected chi connectivity index (χ0v) is 25.6. The third kappa shape index (κ3) is 6.59. The number of aromatic hydroxyl groups is 1. The highest BCUT2D eigenvalue weighted by atomic mass is 16.5. The molecule has 9 heteroatoms. The fourth-order valence-electron chi connectivity index (χ4n) is 6.92. The summed E-state index contributed by atoms with van der Waals surface area (Å²) in [4.78, 5) is 30.2. The zero-order chi connectivity index (χ0) is 30.6. The maximum absolute atomic E-state index is 10.8. The molecule has 7 rings (SSSR count). The fraction of sp³-hybridized carbons (Fsp3) is 0.361. The van der Waals surface area contributed by atoms with Gasteiger partial charge in [0, 0.05) is 80.6 Å². The van der Waals surface area contributed by atoms with E-state index in [4.69, 9.17) is 14.7 Å². The molecule has 2 fully saturated rings. The topological polar surface area (TPSA) is 85.3 Å². The van der Waals surface area contributed by atoms with E-state index in [1.54, 1.807) is 6.08 Å². The molecule has 9 nitrogen and oxygen atoms in total. The molecule has 0 radical (unpaired) electrons. The van der Waals surface area contributed by atoms with E-state index in [1.807, 2.05) is 36.5 Å². The molecule has 3 aliphatic rings. The molecule has 1 N–H and O–H groups in total. The van der Waals surface area contributed by atoms with Gasteiger partial charge in [-0.2, -0.15) is 9.97 Å². The number of carbonyl (C=O) groups excluding carboxylic acids is 1. The number of phenols is 1. The summed E-state index contributed by atoms with van der Waals surface area (Å²) in [5.41, 5.74) is 4.51. The predicted octanol–water partition coefficient (Wildman–Crippen LogP) is 4.63. The molecule has 0 unspecified atom stereocenters. The molecule has 0 saturated carbocycles. The molecule has 0 amide bonds. The Hall–Kier alpha value is -4.63. The highest BCUT2D eigenvalue weighted by Crippen LogP contribution is 2.36. The number of phenolic OH excluding ortho intramolecular Hbond substituents is 1. The summed E-state index contributed by atoms with van der Waals surface area (Å²) in [6.07, 6.45) is 6.15. The van der Waals surface area contributed by atoms with E-state index in [0.717, 1.165) is 99.5 Å². The predicted molar refractivity (Wildman–Crippen MR) is 177 cm³/mol.